The standard InChI is InChI=1S/C17H20BrN3O2/c1-20-8-7-16(19-20)12-5-9-21(10-6-12)17(22)14-11-13(23-2)3-4-15(14)18/h3-4,7-8,11-12H,5-6,9-10H2,1-2H3. The molecule has 3 rings (SSSR count). The van der Waals surface area contributed by atoms with Crippen molar-refractivity contribution in [2.75, 3.05) is 20.2 Å². The van der Waals surface area contributed by atoms with E-state index in [1.807, 2.05) is 35.0 Å². The second-order valence-corrected chi connectivity index (χ2v) is 6.68. The first kappa shape index (κ1) is 16.1. The Morgan fingerprint density at radius 2 is 2.04 bits per heavy atom. The molecule has 0 unspecified atom stereocenters. The van der Waals surface area contributed by atoms with Crippen LogP contribution in [0.4, 0.5) is 0 Å². The Morgan fingerprint density at radius 3 is 2.65 bits per heavy atom. The third-order valence-electron chi connectivity index (χ3n) is 4.34. The summed E-state index contributed by atoms with van der Waals surface area (Å²) in [5.41, 5.74) is 1.78. The third-order valence-corrected chi connectivity index (χ3v) is 5.03. The highest BCUT2D eigenvalue weighted by Gasteiger charge is 2.26. The van der Waals surface area contributed by atoms with Crippen LogP contribution in [0.2, 0.25) is 0 Å². The molecule has 0 spiro atoms. The predicted octanol–water partition coefficient (Wildman–Crippen LogP) is 3.21. The van der Waals surface area contributed by atoms with E-state index in [0.29, 0.717) is 17.2 Å². The SMILES string of the molecule is COc1ccc(Br)c(C(=O)N2CCC(c3ccn(C)n3)CC2)c1. The molecule has 23 heavy (non-hydrogen) atoms. The highest BCUT2D eigenvalue weighted by Crippen LogP contribution is 2.29. The molecule has 0 saturated carbocycles. The van der Waals surface area contributed by atoms with Crippen LogP contribution in [0.3, 0.4) is 0 Å². The van der Waals surface area contributed by atoms with Crippen LogP contribution in [0.5, 0.6) is 5.75 Å². The molecule has 1 aliphatic heterocycles. The van der Waals surface area contributed by atoms with E-state index in [4.69, 9.17) is 4.74 Å². The maximum Gasteiger partial charge on any atom is 0.255 e. The van der Waals surface area contributed by atoms with Crippen molar-refractivity contribution in [3.05, 3.63) is 46.2 Å². The van der Waals surface area contributed by atoms with E-state index in [-0.39, 0.29) is 5.91 Å². The first-order valence-electron chi connectivity index (χ1n) is 7.71. The number of aromatic nitrogens is 2. The molecule has 1 saturated heterocycles. The number of aryl methyl sites for hydroxylation is 1. The molecule has 2 heterocycles. The number of methoxy groups -OCH3 is 1. The van der Waals surface area contributed by atoms with E-state index in [9.17, 15) is 4.79 Å². The quantitative estimate of drug-likeness (QED) is 0.824. The first-order valence-corrected chi connectivity index (χ1v) is 8.50. The number of carbonyl (C=O) groups is 1. The van der Waals surface area contributed by atoms with E-state index in [2.05, 4.69) is 27.1 Å². The molecule has 5 nitrogen and oxygen atoms in total. The Bertz CT molecular complexity index is 706. The van der Waals surface area contributed by atoms with Gasteiger partial charge in [-0.25, -0.2) is 0 Å². The summed E-state index contributed by atoms with van der Waals surface area (Å²) in [7, 11) is 3.54. The zero-order chi connectivity index (χ0) is 16.4. The molecule has 2 aromatic rings. The lowest BCUT2D eigenvalue weighted by Gasteiger charge is -2.31. The van der Waals surface area contributed by atoms with Gasteiger partial charge in [0.15, 0.2) is 0 Å². The Balaban J connectivity index is 1.69. The second kappa shape index (κ2) is 6.74. The van der Waals surface area contributed by atoms with E-state index in [1.54, 1.807) is 13.2 Å². The van der Waals surface area contributed by atoms with Gasteiger partial charge < -0.3 is 9.64 Å². The Labute approximate surface area is 144 Å². The van der Waals surface area contributed by atoms with Crippen molar-refractivity contribution in [2.24, 2.45) is 7.05 Å². The van der Waals surface area contributed by atoms with Crippen LogP contribution in [0.25, 0.3) is 0 Å². The van der Waals surface area contributed by atoms with Crippen LogP contribution in [0, 0.1) is 0 Å². The van der Waals surface area contributed by atoms with Gasteiger partial charge in [0, 0.05) is 36.7 Å². The summed E-state index contributed by atoms with van der Waals surface area (Å²) in [6, 6.07) is 7.55. The Morgan fingerprint density at radius 1 is 1.30 bits per heavy atom. The summed E-state index contributed by atoms with van der Waals surface area (Å²) in [5, 5.41) is 4.49. The minimum Gasteiger partial charge on any atom is -0.497 e. The van der Waals surface area contributed by atoms with Gasteiger partial charge in [-0.15, -0.1) is 0 Å². The van der Waals surface area contributed by atoms with E-state index < -0.39 is 0 Å². The molecule has 1 fully saturated rings. The summed E-state index contributed by atoms with van der Waals surface area (Å²) in [6.45, 7) is 1.51. The smallest absolute Gasteiger partial charge is 0.255 e. The molecular formula is C17H20BrN3O2. The van der Waals surface area contributed by atoms with Gasteiger partial charge in [-0.2, -0.15) is 5.10 Å². The largest absolute Gasteiger partial charge is 0.497 e. The van der Waals surface area contributed by atoms with Crippen molar-refractivity contribution in [2.45, 2.75) is 18.8 Å². The number of ether oxygens (including phenoxy) is 1. The fourth-order valence-electron chi connectivity index (χ4n) is 2.99. The van der Waals surface area contributed by atoms with Gasteiger partial charge in [-0.1, -0.05) is 0 Å². The van der Waals surface area contributed by atoms with Crippen molar-refractivity contribution in [1.29, 1.82) is 0 Å². The highest BCUT2D eigenvalue weighted by atomic mass is 79.9. The number of hydrogen-bond acceptors (Lipinski definition) is 3. The topological polar surface area (TPSA) is 47.4 Å². The minimum atomic E-state index is 0.0512. The van der Waals surface area contributed by atoms with Gasteiger partial charge in [0.2, 0.25) is 0 Å². The lowest BCUT2D eigenvalue weighted by Crippen LogP contribution is -2.38. The number of benzene rings is 1. The summed E-state index contributed by atoms with van der Waals surface area (Å²) in [5.74, 6) is 1.18. The van der Waals surface area contributed by atoms with Gasteiger partial charge >= 0.3 is 0 Å². The molecule has 1 aromatic carbocycles. The lowest BCUT2D eigenvalue weighted by molar-refractivity contribution is 0.0710. The molecule has 0 atom stereocenters. The van der Waals surface area contributed by atoms with E-state index in [1.165, 1.54) is 0 Å². The number of carbonyl (C=O) groups excluding carboxylic acids is 1. The normalized spacial score (nSPS) is 15.7. The lowest BCUT2D eigenvalue weighted by atomic mass is 9.93. The van der Waals surface area contributed by atoms with Crippen LogP contribution in [-0.2, 0) is 7.05 Å². The zero-order valence-corrected chi connectivity index (χ0v) is 14.9. The van der Waals surface area contributed by atoms with Crippen LogP contribution in [-0.4, -0.2) is 40.8 Å². The molecule has 6 heteroatoms. The number of piperidine rings is 1. The van der Waals surface area contributed by atoms with Crippen LogP contribution < -0.4 is 4.74 Å². The number of amides is 1. The van der Waals surface area contributed by atoms with Crippen molar-refractivity contribution < 1.29 is 9.53 Å². The van der Waals surface area contributed by atoms with Gasteiger partial charge in [0.05, 0.1) is 18.4 Å². The second-order valence-electron chi connectivity index (χ2n) is 5.83. The highest BCUT2D eigenvalue weighted by molar-refractivity contribution is 9.10. The average molecular weight is 378 g/mol. The number of halogens is 1. The van der Waals surface area contributed by atoms with Crippen LogP contribution in [0.15, 0.2) is 34.9 Å². The summed E-state index contributed by atoms with van der Waals surface area (Å²) in [4.78, 5) is 14.7. The fraction of sp³-hybridized carbons (Fsp3) is 0.412. The summed E-state index contributed by atoms with van der Waals surface area (Å²) >= 11 is 3.46. The summed E-state index contributed by atoms with van der Waals surface area (Å²) in [6.07, 6.45) is 3.87. The monoisotopic (exact) mass is 377 g/mol. The van der Waals surface area contributed by atoms with Gasteiger partial charge in [-0.3, -0.25) is 9.48 Å². The van der Waals surface area contributed by atoms with Crippen molar-refractivity contribution in [1.82, 2.24) is 14.7 Å². The molecule has 1 amide bonds. The third kappa shape index (κ3) is 3.42. The van der Waals surface area contributed by atoms with Gasteiger partial charge in [0.25, 0.3) is 5.91 Å². The van der Waals surface area contributed by atoms with Gasteiger partial charge in [-0.05, 0) is 53.0 Å². The number of rotatable bonds is 3. The number of likely N-dealkylation sites (tertiary alicyclic amines) is 1. The van der Waals surface area contributed by atoms with Crippen LogP contribution >= 0.6 is 15.9 Å². The molecule has 0 N–H and O–H groups in total. The maximum absolute atomic E-state index is 12.8. The number of nitrogens with zero attached hydrogens (tertiary/aromatic N) is 3. The Hall–Kier alpha value is -1.82. The molecule has 1 aliphatic rings. The van der Waals surface area contributed by atoms with Crippen molar-refractivity contribution in [3.63, 3.8) is 0 Å². The van der Waals surface area contributed by atoms with Gasteiger partial charge in [0.1, 0.15) is 5.75 Å². The molecule has 1 aromatic heterocycles. The van der Waals surface area contributed by atoms with E-state index in [0.717, 1.165) is 36.1 Å². The first-order chi connectivity index (χ1) is 11.1. The van der Waals surface area contributed by atoms with Crippen LogP contribution in [0.1, 0.15) is 34.8 Å². The molecule has 0 aliphatic carbocycles. The molecular weight excluding hydrogens is 358 g/mol. The predicted molar refractivity (Wildman–Crippen MR) is 91.8 cm³/mol. The molecule has 0 bridgehead atoms. The molecule has 0 radical (unpaired) electrons. The van der Waals surface area contributed by atoms with Crippen molar-refractivity contribution in [3.8, 4) is 5.75 Å². The Kier molecular flexibility index (Phi) is 4.71. The zero-order valence-electron chi connectivity index (χ0n) is 13.3. The van der Waals surface area contributed by atoms with Crippen molar-refractivity contribution >= 4 is 21.8 Å². The molecule has 122 valence electrons. The summed E-state index contributed by atoms with van der Waals surface area (Å²) < 4.78 is 7.86. The average Bonchev–Trinajstić information content (AvgIpc) is 3.01. The minimum absolute atomic E-state index is 0.0512. The maximum atomic E-state index is 12.8. The number of hydrogen-bond donors (Lipinski definition) is 0. The fourth-order valence-corrected chi connectivity index (χ4v) is 3.41. The van der Waals surface area contributed by atoms with E-state index >= 15 is 0 Å².